The average Bonchev–Trinajstić information content (AvgIpc) is 2.77. The fourth-order valence-corrected chi connectivity index (χ4v) is 4.58. The number of hydrogen-bond acceptors (Lipinski definition) is 7. The van der Waals surface area contributed by atoms with Gasteiger partial charge >= 0.3 is 11.6 Å². The van der Waals surface area contributed by atoms with E-state index in [1.54, 1.807) is 30.3 Å². The first kappa shape index (κ1) is 23.7. The smallest absolute Gasteiger partial charge is 0.336 e. The van der Waals surface area contributed by atoms with Crippen LogP contribution in [0, 0.1) is 0 Å². The highest BCUT2D eigenvalue weighted by atomic mass is 32.2. The van der Waals surface area contributed by atoms with E-state index in [-0.39, 0.29) is 4.90 Å². The SMILES string of the molecule is CN(C)S(=O)(=O)c1ccc(/C=C/C(=O)O[C@@H]2Cc3cc4ccc(=O)oc4cc3OC2(C)C)cc1. The van der Waals surface area contributed by atoms with Crippen LogP contribution in [-0.2, 0) is 26.0 Å². The molecule has 0 unspecified atom stereocenters. The van der Waals surface area contributed by atoms with Crippen LogP contribution < -0.4 is 10.4 Å². The molecule has 0 radical (unpaired) electrons. The van der Waals surface area contributed by atoms with E-state index in [1.165, 1.54) is 38.4 Å². The molecule has 0 amide bonds. The number of hydrogen-bond donors (Lipinski definition) is 0. The van der Waals surface area contributed by atoms with Gasteiger partial charge in [0.25, 0.3) is 0 Å². The summed E-state index contributed by atoms with van der Waals surface area (Å²) in [4.78, 5) is 24.2. The summed E-state index contributed by atoms with van der Waals surface area (Å²) in [5.74, 6) is 0.0457. The van der Waals surface area contributed by atoms with Crippen LogP contribution in [0.15, 0.2) is 68.7 Å². The Kier molecular flexibility index (Phi) is 6.09. The maximum absolute atomic E-state index is 12.5. The first-order chi connectivity index (χ1) is 16.0. The highest BCUT2D eigenvalue weighted by molar-refractivity contribution is 7.89. The molecule has 9 heteroatoms. The number of ether oxygens (including phenoxy) is 2. The van der Waals surface area contributed by atoms with Gasteiger partial charge in [-0.2, -0.15) is 0 Å². The second-order valence-electron chi connectivity index (χ2n) is 8.78. The highest BCUT2D eigenvalue weighted by Gasteiger charge is 2.39. The Morgan fingerprint density at radius 1 is 1.12 bits per heavy atom. The van der Waals surface area contributed by atoms with Gasteiger partial charge in [0.15, 0.2) is 0 Å². The minimum Gasteiger partial charge on any atom is -0.484 e. The Morgan fingerprint density at radius 2 is 1.82 bits per heavy atom. The monoisotopic (exact) mass is 483 g/mol. The lowest BCUT2D eigenvalue weighted by molar-refractivity contribution is -0.155. The van der Waals surface area contributed by atoms with Crippen molar-refractivity contribution >= 4 is 33.0 Å². The van der Waals surface area contributed by atoms with Crippen LogP contribution in [0.2, 0.25) is 0 Å². The van der Waals surface area contributed by atoms with E-state index in [1.807, 2.05) is 19.9 Å². The number of rotatable bonds is 5. The molecular formula is C25H25NO7S. The molecule has 1 aliphatic heterocycles. The van der Waals surface area contributed by atoms with E-state index in [4.69, 9.17) is 13.9 Å². The Morgan fingerprint density at radius 3 is 2.50 bits per heavy atom. The number of benzene rings is 2. The summed E-state index contributed by atoms with van der Waals surface area (Å²) < 4.78 is 42.5. The quantitative estimate of drug-likeness (QED) is 0.311. The molecule has 0 bridgehead atoms. The molecule has 1 aliphatic rings. The molecule has 1 aromatic heterocycles. The number of sulfonamides is 1. The zero-order valence-corrected chi connectivity index (χ0v) is 20.1. The Balaban J connectivity index is 1.48. The lowest BCUT2D eigenvalue weighted by atomic mass is 9.90. The van der Waals surface area contributed by atoms with Crippen molar-refractivity contribution in [3.63, 3.8) is 0 Å². The minimum absolute atomic E-state index is 0.170. The second kappa shape index (κ2) is 8.73. The number of carbonyl (C=O) groups is 1. The van der Waals surface area contributed by atoms with E-state index in [9.17, 15) is 18.0 Å². The van der Waals surface area contributed by atoms with Crippen molar-refractivity contribution < 1.29 is 27.1 Å². The lowest BCUT2D eigenvalue weighted by Crippen LogP contribution is -2.48. The van der Waals surface area contributed by atoms with Crippen LogP contribution in [0.5, 0.6) is 5.75 Å². The Bertz CT molecular complexity index is 1430. The molecular weight excluding hydrogens is 458 g/mol. The van der Waals surface area contributed by atoms with Crippen LogP contribution in [0.25, 0.3) is 17.0 Å². The average molecular weight is 484 g/mol. The van der Waals surface area contributed by atoms with Crippen LogP contribution in [0.3, 0.4) is 0 Å². The number of esters is 1. The summed E-state index contributed by atoms with van der Waals surface area (Å²) in [5.41, 5.74) is 0.703. The van der Waals surface area contributed by atoms with Crippen LogP contribution in [0.4, 0.5) is 0 Å². The number of carbonyl (C=O) groups excluding carboxylic acids is 1. The molecule has 0 saturated carbocycles. The molecule has 0 N–H and O–H groups in total. The molecule has 2 heterocycles. The minimum atomic E-state index is -3.52. The van der Waals surface area contributed by atoms with E-state index in [0.717, 1.165) is 15.3 Å². The van der Waals surface area contributed by atoms with Gasteiger partial charge in [0.05, 0.1) is 4.90 Å². The van der Waals surface area contributed by atoms with Crippen molar-refractivity contribution in [1.82, 2.24) is 4.31 Å². The Labute approximate surface area is 197 Å². The molecule has 34 heavy (non-hydrogen) atoms. The molecule has 8 nitrogen and oxygen atoms in total. The number of fused-ring (bicyclic) bond motifs is 2. The third-order valence-corrected chi connectivity index (χ3v) is 7.51. The molecule has 3 aromatic rings. The van der Waals surface area contributed by atoms with Crippen molar-refractivity contribution in [3.05, 3.63) is 76.2 Å². The third-order valence-electron chi connectivity index (χ3n) is 5.69. The first-order valence-electron chi connectivity index (χ1n) is 10.6. The summed E-state index contributed by atoms with van der Waals surface area (Å²) in [5, 5.41) is 0.756. The maximum Gasteiger partial charge on any atom is 0.336 e. The highest BCUT2D eigenvalue weighted by Crippen LogP contribution is 2.37. The Hall–Kier alpha value is -3.43. The van der Waals surface area contributed by atoms with Crippen molar-refractivity contribution in [2.75, 3.05) is 14.1 Å². The van der Waals surface area contributed by atoms with E-state index < -0.39 is 33.3 Å². The zero-order valence-electron chi connectivity index (χ0n) is 19.3. The van der Waals surface area contributed by atoms with Crippen molar-refractivity contribution in [2.24, 2.45) is 0 Å². The summed E-state index contributed by atoms with van der Waals surface area (Å²) in [6.07, 6.45) is 2.76. The summed E-state index contributed by atoms with van der Waals surface area (Å²) >= 11 is 0. The van der Waals surface area contributed by atoms with Gasteiger partial charge in [0, 0.05) is 44.1 Å². The molecule has 0 aliphatic carbocycles. The van der Waals surface area contributed by atoms with Crippen molar-refractivity contribution in [3.8, 4) is 5.75 Å². The summed E-state index contributed by atoms with van der Waals surface area (Å²) in [7, 11) is -0.582. The van der Waals surface area contributed by atoms with Gasteiger partial charge < -0.3 is 13.9 Å². The molecule has 0 saturated heterocycles. The van der Waals surface area contributed by atoms with Crippen molar-refractivity contribution in [1.29, 1.82) is 0 Å². The standard InChI is InChI=1S/C25H25NO7S/c1-25(2)22(14-18-13-17-8-12-23(27)31-20(17)15-21(18)33-25)32-24(28)11-7-16-5-9-19(10-6-16)34(29,30)26(3)4/h5-13,15,22H,14H2,1-4H3/b11-7+/t22-/m1/s1. The second-order valence-corrected chi connectivity index (χ2v) is 10.9. The van der Waals surface area contributed by atoms with Gasteiger partial charge in [0.2, 0.25) is 10.0 Å². The van der Waals surface area contributed by atoms with Gasteiger partial charge in [0.1, 0.15) is 23.0 Å². The van der Waals surface area contributed by atoms with E-state index in [0.29, 0.717) is 23.3 Å². The predicted octanol–water partition coefficient (Wildman–Crippen LogP) is 3.38. The van der Waals surface area contributed by atoms with E-state index >= 15 is 0 Å². The fraction of sp³-hybridized carbons (Fsp3) is 0.280. The third kappa shape index (κ3) is 4.76. The first-order valence-corrected chi connectivity index (χ1v) is 12.1. The molecule has 0 fully saturated rings. The molecule has 4 rings (SSSR count). The van der Waals surface area contributed by atoms with Crippen LogP contribution in [-0.4, -0.2) is 44.5 Å². The van der Waals surface area contributed by atoms with Gasteiger partial charge in [-0.1, -0.05) is 12.1 Å². The number of nitrogens with zero attached hydrogens (tertiary/aromatic N) is 1. The van der Waals surface area contributed by atoms with Crippen LogP contribution in [0.1, 0.15) is 25.0 Å². The lowest BCUT2D eigenvalue weighted by Gasteiger charge is -2.39. The van der Waals surface area contributed by atoms with Gasteiger partial charge in [-0.3, -0.25) is 0 Å². The molecule has 1 atom stereocenters. The summed E-state index contributed by atoms with van der Waals surface area (Å²) in [6, 6.07) is 12.8. The molecule has 178 valence electrons. The van der Waals surface area contributed by atoms with E-state index in [2.05, 4.69) is 0 Å². The van der Waals surface area contributed by atoms with Gasteiger partial charge in [-0.05, 0) is 55.3 Å². The van der Waals surface area contributed by atoms with Gasteiger partial charge in [-0.25, -0.2) is 22.3 Å². The topological polar surface area (TPSA) is 103 Å². The summed E-state index contributed by atoms with van der Waals surface area (Å²) in [6.45, 7) is 3.65. The molecule has 2 aromatic carbocycles. The normalized spacial score (nSPS) is 17.5. The molecule has 0 spiro atoms. The predicted molar refractivity (Wildman–Crippen MR) is 127 cm³/mol. The largest absolute Gasteiger partial charge is 0.484 e. The zero-order chi connectivity index (χ0) is 24.7. The van der Waals surface area contributed by atoms with Crippen LogP contribution >= 0.6 is 0 Å². The fourth-order valence-electron chi connectivity index (χ4n) is 3.68. The van der Waals surface area contributed by atoms with Crippen molar-refractivity contribution in [2.45, 2.75) is 36.9 Å². The maximum atomic E-state index is 12.5. The van der Waals surface area contributed by atoms with Gasteiger partial charge in [-0.15, -0.1) is 0 Å².